The summed E-state index contributed by atoms with van der Waals surface area (Å²) in [6.07, 6.45) is -4.72. The standard InChI is InChI=1S/C13H18BrF3O2Si/c1-12(2,3)20(4,5)19-10-8-6-7-9(11(10)14)18-13(15,16)17/h6-8H,1-5H3. The molecule has 0 aromatic heterocycles. The minimum atomic E-state index is -4.72. The van der Waals surface area contributed by atoms with Gasteiger partial charge in [-0.25, -0.2) is 0 Å². The van der Waals surface area contributed by atoms with Crippen molar-refractivity contribution in [3.8, 4) is 11.5 Å². The zero-order valence-electron chi connectivity index (χ0n) is 12.1. The molecule has 0 heterocycles. The fourth-order valence-electron chi connectivity index (χ4n) is 1.20. The third kappa shape index (κ3) is 4.41. The molecule has 0 atom stereocenters. The second kappa shape index (κ2) is 5.59. The van der Waals surface area contributed by atoms with Gasteiger partial charge in [-0.05, 0) is 46.2 Å². The summed E-state index contributed by atoms with van der Waals surface area (Å²) in [5, 5.41) is -0.0483. The molecular weight excluding hydrogens is 353 g/mol. The molecule has 0 radical (unpaired) electrons. The van der Waals surface area contributed by atoms with E-state index in [-0.39, 0.29) is 15.3 Å². The molecule has 1 rings (SSSR count). The molecule has 0 aliphatic heterocycles. The summed E-state index contributed by atoms with van der Waals surface area (Å²) >= 11 is 3.13. The van der Waals surface area contributed by atoms with Crippen LogP contribution in [0.4, 0.5) is 13.2 Å². The summed E-state index contributed by atoms with van der Waals surface area (Å²) in [5.41, 5.74) is 0. The maximum Gasteiger partial charge on any atom is 0.573 e. The maximum atomic E-state index is 12.3. The highest BCUT2D eigenvalue weighted by Crippen LogP contribution is 2.42. The van der Waals surface area contributed by atoms with E-state index in [1.54, 1.807) is 6.07 Å². The van der Waals surface area contributed by atoms with Gasteiger partial charge in [-0.2, -0.15) is 0 Å². The monoisotopic (exact) mass is 370 g/mol. The van der Waals surface area contributed by atoms with Crippen molar-refractivity contribution < 1.29 is 22.3 Å². The highest BCUT2D eigenvalue weighted by atomic mass is 79.9. The topological polar surface area (TPSA) is 18.5 Å². The molecule has 7 heteroatoms. The van der Waals surface area contributed by atoms with Gasteiger partial charge in [-0.3, -0.25) is 0 Å². The molecule has 114 valence electrons. The fraction of sp³-hybridized carbons (Fsp3) is 0.538. The van der Waals surface area contributed by atoms with Crippen molar-refractivity contribution in [2.24, 2.45) is 0 Å². The van der Waals surface area contributed by atoms with Gasteiger partial charge in [0.25, 0.3) is 8.32 Å². The van der Waals surface area contributed by atoms with Gasteiger partial charge in [-0.15, -0.1) is 13.2 Å². The predicted octanol–water partition coefficient (Wildman–Crippen LogP) is 5.73. The fourth-order valence-corrected chi connectivity index (χ4v) is 2.80. The molecule has 1 aromatic carbocycles. The first kappa shape index (κ1) is 17.4. The van der Waals surface area contributed by atoms with Gasteiger partial charge in [0.1, 0.15) is 16.0 Å². The molecular formula is C13H18BrF3O2Si. The van der Waals surface area contributed by atoms with Crippen molar-refractivity contribution >= 4 is 24.2 Å². The molecule has 0 unspecified atom stereocenters. The zero-order valence-corrected chi connectivity index (χ0v) is 14.6. The second-order valence-electron chi connectivity index (χ2n) is 5.98. The summed E-state index contributed by atoms with van der Waals surface area (Å²) in [6.45, 7) is 10.2. The van der Waals surface area contributed by atoms with Crippen molar-refractivity contribution in [3.63, 3.8) is 0 Å². The van der Waals surface area contributed by atoms with Crippen LogP contribution in [0.15, 0.2) is 22.7 Å². The average molecular weight is 371 g/mol. The maximum absolute atomic E-state index is 12.3. The summed E-state index contributed by atoms with van der Waals surface area (Å²) < 4.78 is 47.1. The van der Waals surface area contributed by atoms with Crippen LogP contribution in [0.3, 0.4) is 0 Å². The molecule has 0 bridgehead atoms. The van der Waals surface area contributed by atoms with E-state index < -0.39 is 14.7 Å². The summed E-state index contributed by atoms with van der Waals surface area (Å²) in [5.74, 6) is 0.0760. The van der Waals surface area contributed by atoms with Gasteiger partial charge in [0.05, 0.1) is 0 Å². The molecule has 0 N–H and O–H groups in total. The number of rotatable bonds is 3. The molecule has 1 aromatic rings. The highest BCUT2D eigenvalue weighted by molar-refractivity contribution is 9.10. The number of benzene rings is 1. The Kier molecular flexibility index (Phi) is 4.86. The molecule has 2 nitrogen and oxygen atoms in total. The first-order valence-electron chi connectivity index (χ1n) is 6.07. The normalized spacial score (nSPS) is 13.2. The summed E-state index contributed by atoms with van der Waals surface area (Å²) in [4.78, 5) is 0. The van der Waals surface area contributed by atoms with E-state index in [1.807, 2.05) is 13.1 Å². The third-order valence-electron chi connectivity index (χ3n) is 3.32. The summed E-state index contributed by atoms with van der Waals surface area (Å²) in [7, 11) is -2.13. The highest BCUT2D eigenvalue weighted by Gasteiger charge is 2.40. The van der Waals surface area contributed by atoms with Crippen LogP contribution in [-0.2, 0) is 0 Å². The Balaban J connectivity index is 3.07. The van der Waals surface area contributed by atoms with Crippen molar-refractivity contribution in [2.75, 3.05) is 0 Å². The average Bonchev–Trinajstić information content (AvgIpc) is 2.20. The van der Waals surface area contributed by atoms with Crippen LogP contribution in [0.2, 0.25) is 18.1 Å². The quantitative estimate of drug-likeness (QED) is 0.632. The summed E-state index contributed by atoms with van der Waals surface area (Å²) in [6, 6.07) is 4.36. The van der Waals surface area contributed by atoms with Gasteiger partial charge in [0.15, 0.2) is 0 Å². The van der Waals surface area contributed by atoms with Crippen LogP contribution in [0, 0.1) is 0 Å². The Bertz CT molecular complexity index is 481. The van der Waals surface area contributed by atoms with Gasteiger partial charge in [-0.1, -0.05) is 26.8 Å². The van der Waals surface area contributed by atoms with Gasteiger partial charge in [0.2, 0.25) is 0 Å². The van der Waals surface area contributed by atoms with E-state index in [1.165, 1.54) is 12.1 Å². The van der Waals surface area contributed by atoms with Crippen molar-refractivity contribution in [1.82, 2.24) is 0 Å². The second-order valence-corrected chi connectivity index (χ2v) is 11.5. The first-order valence-corrected chi connectivity index (χ1v) is 9.77. The molecule has 0 aliphatic rings. The Morgan fingerprint density at radius 2 is 1.55 bits per heavy atom. The molecule has 20 heavy (non-hydrogen) atoms. The minimum Gasteiger partial charge on any atom is -0.543 e. The van der Waals surface area contributed by atoms with Crippen LogP contribution in [0.25, 0.3) is 0 Å². The first-order chi connectivity index (χ1) is 8.83. The number of halogens is 4. The van der Waals surface area contributed by atoms with Gasteiger partial charge in [0, 0.05) is 0 Å². The Morgan fingerprint density at radius 3 is 2.00 bits per heavy atom. The van der Waals surface area contributed by atoms with Crippen LogP contribution < -0.4 is 9.16 Å². The third-order valence-corrected chi connectivity index (χ3v) is 8.45. The van der Waals surface area contributed by atoms with Crippen LogP contribution in [0.1, 0.15) is 20.8 Å². The van der Waals surface area contributed by atoms with E-state index in [2.05, 4.69) is 41.4 Å². The Labute approximate surface area is 126 Å². The van der Waals surface area contributed by atoms with Crippen molar-refractivity contribution in [2.45, 2.75) is 45.3 Å². The molecule has 0 spiro atoms. The lowest BCUT2D eigenvalue weighted by Crippen LogP contribution is -2.43. The Morgan fingerprint density at radius 1 is 1.05 bits per heavy atom. The predicted molar refractivity (Wildman–Crippen MR) is 78.7 cm³/mol. The lowest BCUT2D eigenvalue weighted by Gasteiger charge is -2.36. The number of ether oxygens (including phenoxy) is 1. The van der Waals surface area contributed by atoms with Crippen LogP contribution >= 0.6 is 15.9 Å². The van der Waals surface area contributed by atoms with E-state index in [4.69, 9.17) is 4.43 Å². The van der Waals surface area contributed by atoms with E-state index in [0.717, 1.165) is 0 Å². The van der Waals surface area contributed by atoms with Crippen molar-refractivity contribution in [1.29, 1.82) is 0 Å². The lowest BCUT2D eigenvalue weighted by atomic mass is 10.2. The molecule has 0 fully saturated rings. The van der Waals surface area contributed by atoms with E-state index in [0.29, 0.717) is 5.75 Å². The number of alkyl halides is 3. The molecule has 0 saturated heterocycles. The molecule has 0 aliphatic carbocycles. The zero-order chi connectivity index (χ0) is 15.8. The molecule has 0 amide bonds. The van der Waals surface area contributed by atoms with Crippen molar-refractivity contribution in [3.05, 3.63) is 22.7 Å². The number of hydrogen-bond donors (Lipinski definition) is 0. The SMILES string of the molecule is CC(C)(C)[Si](C)(C)Oc1cccc(OC(F)(F)F)c1Br. The van der Waals surface area contributed by atoms with Gasteiger partial charge >= 0.3 is 6.36 Å². The van der Waals surface area contributed by atoms with E-state index >= 15 is 0 Å². The smallest absolute Gasteiger partial charge is 0.543 e. The van der Waals surface area contributed by atoms with Gasteiger partial charge < -0.3 is 9.16 Å². The lowest BCUT2D eigenvalue weighted by molar-refractivity contribution is -0.274. The Hall–Kier alpha value is -0.693. The van der Waals surface area contributed by atoms with E-state index in [9.17, 15) is 13.2 Å². The van der Waals surface area contributed by atoms with Crippen LogP contribution in [-0.4, -0.2) is 14.7 Å². The minimum absolute atomic E-state index is 0.0483. The molecule has 0 saturated carbocycles. The largest absolute Gasteiger partial charge is 0.573 e. The number of hydrogen-bond acceptors (Lipinski definition) is 2. The van der Waals surface area contributed by atoms with Crippen LogP contribution in [0.5, 0.6) is 11.5 Å².